The van der Waals surface area contributed by atoms with Crippen molar-refractivity contribution in [2.45, 2.75) is 19.9 Å². The number of esters is 1. The molecule has 0 spiro atoms. The summed E-state index contributed by atoms with van der Waals surface area (Å²) in [6.07, 6.45) is 1.82. The zero-order valence-corrected chi connectivity index (χ0v) is 20.2. The number of nitrogens with zero attached hydrogens (tertiary/aromatic N) is 2. The van der Waals surface area contributed by atoms with E-state index in [9.17, 15) is 9.59 Å². The molecule has 2 heterocycles. The monoisotopic (exact) mass is 512 g/mol. The zero-order chi connectivity index (χ0) is 22.8. The number of thiazole rings is 1. The van der Waals surface area contributed by atoms with Gasteiger partial charge in [-0.15, -0.1) is 0 Å². The Balaban J connectivity index is 1.92. The van der Waals surface area contributed by atoms with E-state index in [1.54, 1.807) is 25.5 Å². The Morgan fingerprint density at radius 3 is 2.66 bits per heavy atom. The third-order valence-electron chi connectivity index (χ3n) is 5.11. The highest BCUT2D eigenvalue weighted by molar-refractivity contribution is 9.10. The average molecular weight is 513 g/mol. The maximum atomic E-state index is 13.5. The molecule has 1 atom stereocenters. The molecule has 8 heteroatoms. The normalized spacial score (nSPS) is 15.9. The van der Waals surface area contributed by atoms with Crippen molar-refractivity contribution in [2.24, 2.45) is 4.99 Å². The van der Waals surface area contributed by atoms with Gasteiger partial charge in [0.25, 0.3) is 5.56 Å². The Morgan fingerprint density at radius 1 is 1.25 bits per heavy atom. The lowest BCUT2D eigenvalue weighted by Gasteiger charge is -2.24. The minimum Gasteiger partial charge on any atom is -0.496 e. The second-order valence-electron chi connectivity index (χ2n) is 7.11. The molecule has 0 aliphatic carbocycles. The lowest BCUT2D eigenvalue weighted by Crippen LogP contribution is -2.39. The van der Waals surface area contributed by atoms with Gasteiger partial charge in [-0.05, 0) is 59.1 Å². The van der Waals surface area contributed by atoms with Crippen LogP contribution in [-0.2, 0) is 9.53 Å². The van der Waals surface area contributed by atoms with Crippen LogP contribution in [-0.4, -0.2) is 24.3 Å². The molecule has 164 valence electrons. The van der Waals surface area contributed by atoms with Gasteiger partial charge in [0.15, 0.2) is 4.80 Å². The maximum Gasteiger partial charge on any atom is 0.338 e. The predicted octanol–water partition coefficient (Wildman–Crippen LogP) is 3.57. The van der Waals surface area contributed by atoms with Crippen LogP contribution in [0.1, 0.15) is 31.0 Å². The Bertz CT molecular complexity index is 1390. The van der Waals surface area contributed by atoms with Crippen molar-refractivity contribution in [3.8, 4) is 5.75 Å². The first-order chi connectivity index (χ1) is 15.4. The topological polar surface area (TPSA) is 69.9 Å². The number of rotatable bonds is 5. The highest BCUT2D eigenvalue weighted by atomic mass is 79.9. The molecule has 0 amide bonds. The summed E-state index contributed by atoms with van der Waals surface area (Å²) in [7, 11) is 1.60. The molecule has 6 nitrogen and oxygen atoms in total. The molecule has 1 aliphatic rings. The van der Waals surface area contributed by atoms with Crippen LogP contribution in [0.15, 0.2) is 74.1 Å². The van der Waals surface area contributed by atoms with Crippen molar-refractivity contribution in [1.29, 1.82) is 0 Å². The number of fused-ring (bicyclic) bond motifs is 1. The number of ether oxygens (including phenoxy) is 2. The number of carbonyl (C=O) groups is 1. The highest BCUT2D eigenvalue weighted by Crippen LogP contribution is 2.30. The Kier molecular flexibility index (Phi) is 6.43. The van der Waals surface area contributed by atoms with Crippen molar-refractivity contribution in [2.75, 3.05) is 13.7 Å². The standard InChI is InChI=1S/C24H21BrN2O4S/c1-4-31-23(29)20-14(2)26-24-27(21(20)16-8-6-5-7-9-16)22(28)19(32-24)13-15-10-11-18(30-3)17(25)12-15/h5-13,21H,4H2,1-3H3/b19-13+/t21-/m1/s1. The maximum absolute atomic E-state index is 13.5. The van der Waals surface area contributed by atoms with Crippen LogP contribution < -0.4 is 19.6 Å². The van der Waals surface area contributed by atoms with Gasteiger partial charge in [0.2, 0.25) is 0 Å². The first-order valence-electron chi connectivity index (χ1n) is 10.0. The molecular weight excluding hydrogens is 492 g/mol. The fraction of sp³-hybridized carbons (Fsp3) is 0.208. The number of allylic oxidation sites excluding steroid dienone is 1. The predicted molar refractivity (Wildman–Crippen MR) is 128 cm³/mol. The fourth-order valence-corrected chi connectivity index (χ4v) is 5.27. The van der Waals surface area contributed by atoms with Crippen molar-refractivity contribution in [3.63, 3.8) is 0 Å². The molecule has 2 aromatic carbocycles. The Morgan fingerprint density at radius 2 is 2.00 bits per heavy atom. The van der Waals surface area contributed by atoms with Gasteiger partial charge in [-0.2, -0.15) is 0 Å². The molecule has 3 aromatic rings. The zero-order valence-electron chi connectivity index (χ0n) is 17.8. The van der Waals surface area contributed by atoms with Gasteiger partial charge < -0.3 is 9.47 Å². The van der Waals surface area contributed by atoms with Crippen LogP contribution in [0.2, 0.25) is 0 Å². The van der Waals surface area contributed by atoms with Crippen molar-refractivity contribution in [1.82, 2.24) is 4.57 Å². The molecule has 1 aromatic heterocycles. The number of hydrogen-bond donors (Lipinski definition) is 0. The van der Waals surface area contributed by atoms with E-state index in [2.05, 4.69) is 20.9 Å². The number of aromatic nitrogens is 1. The third kappa shape index (κ3) is 4.08. The van der Waals surface area contributed by atoms with Crippen LogP contribution in [0.5, 0.6) is 5.75 Å². The van der Waals surface area contributed by atoms with Gasteiger partial charge in [0, 0.05) is 0 Å². The van der Waals surface area contributed by atoms with E-state index < -0.39 is 12.0 Å². The molecule has 32 heavy (non-hydrogen) atoms. The van der Waals surface area contributed by atoms with E-state index in [1.807, 2.05) is 54.6 Å². The quantitative estimate of drug-likeness (QED) is 0.490. The fourth-order valence-electron chi connectivity index (χ4n) is 3.67. The molecule has 0 unspecified atom stereocenters. The van der Waals surface area contributed by atoms with Crippen LogP contribution in [0.25, 0.3) is 6.08 Å². The van der Waals surface area contributed by atoms with Gasteiger partial charge in [0.1, 0.15) is 5.75 Å². The van der Waals surface area contributed by atoms with Crippen LogP contribution in [0, 0.1) is 0 Å². The molecule has 0 fully saturated rings. The molecule has 4 rings (SSSR count). The number of hydrogen-bond acceptors (Lipinski definition) is 6. The molecular formula is C24H21BrN2O4S. The summed E-state index contributed by atoms with van der Waals surface area (Å²) in [6.45, 7) is 3.78. The number of methoxy groups -OCH3 is 1. The van der Waals surface area contributed by atoms with E-state index in [-0.39, 0.29) is 12.2 Å². The van der Waals surface area contributed by atoms with E-state index in [0.29, 0.717) is 26.4 Å². The van der Waals surface area contributed by atoms with Gasteiger partial charge in [-0.1, -0.05) is 47.7 Å². The van der Waals surface area contributed by atoms with Gasteiger partial charge in [-0.3, -0.25) is 9.36 Å². The van der Waals surface area contributed by atoms with Crippen LogP contribution in [0.4, 0.5) is 0 Å². The second kappa shape index (κ2) is 9.26. The van der Waals surface area contributed by atoms with Gasteiger partial charge >= 0.3 is 5.97 Å². The summed E-state index contributed by atoms with van der Waals surface area (Å²) in [5, 5.41) is 0. The molecule has 0 radical (unpaired) electrons. The number of benzene rings is 2. The lowest BCUT2D eigenvalue weighted by molar-refractivity contribution is -0.139. The largest absolute Gasteiger partial charge is 0.496 e. The van der Waals surface area contributed by atoms with E-state index in [4.69, 9.17) is 9.47 Å². The summed E-state index contributed by atoms with van der Waals surface area (Å²) in [5.74, 6) is 0.248. The third-order valence-corrected chi connectivity index (χ3v) is 6.71. The number of halogens is 1. The number of carbonyl (C=O) groups excluding carboxylic acids is 1. The van der Waals surface area contributed by atoms with E-state index >= 15 is 0 Å². The van der Waals surface area contributed by atoms with E-state index in [1.165, 1.54) is 11.3 Å². The Hall–Kier alpha value is -2.97. The van der Waals surface area contributed by atoms with Gasteiger partial charge in [0.05, 0.1) is 40.0 Å². The summed E-state index contributed by atoms with van der Waals surface area (Å²) < 4.78 is 13.5. The molecule has 0 saturated carbocycles. The first kappa shape index (κ1) is 22.2. The average Bonchev–Trinajstić information content (AvgIpc) is 3.08. The van der Waals surface area contributed by atoms with Crippen molar-refractivity contribution in [3.05, 3.63) is 95.1 Å². The second-order valence-corrected chi connectivity index (χ2v) is 8.97. The molecule has 1 aliphatic heterocycles. The van der Waals surface area contributed by atoms with Crippen molar-refractivity contribution < 1.29 is 14.3 Å². The van der Waals surface area contributed by atoms with Crippen molar-refractivity contribution >= 4 is 39.3 Å². The van der Waals surface area contributed by atoms with E-state index in [0.717, 1.165) is 15.6 Å². The van der Waals surface area contributed by atoms with Crippen LogP contribution >= 0.6 is 27.3 Å². The minimum absolute atomic E-state index is 0.205. The molecule has 0 N–H and O–H groups in total. The minimum atomic E-state index is -0.601. The summed E-state index contributed by atoms with van der Waals surface area (Å²) in [6, 6.07) is 14.5. The smallest absolute Gasteiger partial charge is 0.338 e. The Labute approximate surface area is 197 Å². The van der Waals surface area contributed by atoms with Gasteiger partial charge in [-0.25, -0.2) is 9.79 Å². The lowest BCUT2D eigenvalue weighted by atomic mass is 9.96. The highest BCUT2D eigenvalue weighted by Gasteiger charge is 2.33. The van der Waals surface area contributed by atoms with Crippen LogP contribution in [0.3, 0.4) is 0 Å². The first-order valence-corrected chi connectivity index (χ1v) is 11.6. The summed E-state index contributed by atoms with van der Waals surface area (Å²) >= 11 is 4.78. The summed E-state index contributed by atoms with van der Waals surface area (Å²) in [5.41, 5.74) is 2.40. The SMILES string of the molecule is CCOC(=O)C1=C(C)N=c2s/c(=C/c3ccc(OC)c(Br)c3)c(=O)n2[C@@H]1c1ccccc1. The summed E-state index contributed by atoms with van der Waals surface area (Å²) in [4.78, 5) is 31.5. The molecule has 0 bridgehead atoms. The molecule has 0 saturated heterocycles.